The summed E-state index contributed by atoms with van der Waals surface area (Å²) in [5.41, 5.74) is 0.825. The Bertz CT molecular complexity index is 490. The average molecular weight is 312 g/mol. The Morgan fingerprint density at radius 3 is 3.11 bits per heavy atom. The first-order valence-corrected chi connectivity index (χ1v) is 6.42. The van der Waals surface area contributed by atoms with Gasteiger partial charge in [-0.15, -0.1) is 0 Å². The molecule has 0 aromatic carbocycles. The molecule has 2 heterocycles. The van der Waals surface area contributed by atoms with E-state index in [1.807, 2.05) is 17.9 Å². The third-order valence-corrected chi connectivity index (χ3v) is 3.20. The van der Waals surface area contributed by atoms with Crippen molar-refractivity contribution < 1.29 is 4.79 Å². The molecule has 0 radical (unpaired) electrons. The lowest BCUT2D eigenvalue weighted by Gasteiger charge is -2.21. The Morgan fingerprint density at radius 2 is 2.44 bits per heavy atom. The van der Waals surface area contributed by atoms with E-state index in [4.69, 9.17) is 5.84 Å². The Hall–Kier alpha value is -1.63. The van der Waals surface area contributed by atoms with Crippen molar-refractivity contribution in [2.45, 2.75) is 13.3 Å². The van der Waals surface area contributed by atoms with Crippen LogP contribution in [0.1, 0.15) is 13.3 Å². The monoisotopic (exact) mass is 311 g/mol. The molecular formula is C11H14BrN5O. The largest absolute Gasteiger partial charge is 0.327 e. The second-order valence-electron chi connectivity index (χ2n) is 3.84. The molecule has 2 rings (SSSR count). The number of fused-ring (bicyclic) bond motifs is 1. The van der Waals surface area contributed by atoms with E-state index in [1.54, 1.807) is 11.1 Å². The van der Waals surface area contributed by atoms with Crippen LogP contribution in [0.4, 0.5) is 11.5 Å². The number of pyridine rings is 1. The molecule has 0 unspecified atom stereocenters. The summed E-state index contributed by atoms with van der Waals surface area (Å²) in [5.74, 6) is 5.90. The van der Waals surface area contributed by atoms with Crippen molar-refractivity contribution in [3.63, 3.8) is 0 Å². The molecule has 0 atom stereocenters. The summed E-state index contributed by atoms with van der Waals surface area (Å²) in [5, 5.41) is 3.53. The number of amides is 1. The minimum atomic E-state index is 0.0569. The molecule has 7 heteroatoms. The molecule has 1 aliphatic heterocycles. The Kier molecular flexibility index (Phi) is 3.81. The van der Waals surface area contributed by atoms with Crippen molar-refractivity contribution in [1.29, 1.82) is 0 Å². The highest BCUT2D eigenvalue weighted by Gasteiger charge is 2.25. The molecule has 0 fully saturated rings. The van der Waals surface area contributed by atoms with Gasteiger partial charge in [-0.05, 0) is 28.9 Å². The van der Waals surface area contributed by atoms with Crippen LogP contribution in [0.3, 0.4) is 0 Å². The van der Waals surface area contributed by atoms with Gasteiger partial charge in [0.15, 0.2) is 5.82 Å². The van der Waals surface area contributed by atoms with Gasteiger partial charge in [0.05, 0.1) is 5.69 Å². The third kappa shape index (κ3) is 2.31. The number of hydrogen-bond donors (Lipinski definition) is 1. The smallest absolute Gasteiger partial charge is 0.229 e. The van der Waals surface area contributed by atoms with Gasteiger partial charge in [-0.25, -0.2) is 4.98 Å². The Balaban J connectivity index is 2.55. The zero-order chi connectivity index (χ0) is 13.1. The lowest BCUT2D eigenvalue weighted by atomic mass is 10.3. The molecule has 0 bridgehead atoms. The van der Waals surface area contributed by atoms with Crippen LogP contribution in [0.15, 0.2) is 21.8 Å². The molecule has 6 nitrogen and oxygen atoms in total. The van der Waals surface area contributed by atoms with Crippen molar-refractivity contribution in [3.8, 4) is 0 Å². The molecule has 0 saturated carbocycles. The molecule has 0 spiro atoms. The summed E-state index contributed by atoms with van der Waals surface area (Å²) >= 11 is 3.38. The van der Waals surface area contributed by atoms with Gasteiger partial charge in [0.2, 0.25) is 5.91 Å². The predicted molar refractivity (Wildman–Crippen MR) is 74.6 cm³/mol. The number of nitrogens with zero attached hydrogens (tertiary/aromatic N) is 4. The van der Waals surface area contributed by atoms with Crippen LogP contribution in [0.5, 0.6) is 0 Å². The zero-order valence-electron chi connectivity index (χ0n) is 10.0. The second-order valence-corrected chi connectivity index (χ2v) is 4.76. The number of carbonyl (C=O) groups is 1. The molecule has 1 aromatic heterocycles. The van der Waals surface area contributed by atoms with E-state index in [9.17, 15) is 4.79 Å². The van der Waals surface area contributed by atoms with E-state index < -0.39 is 0 Å². The van der Waals surface area contributed by atoms with Crippen molar-refractivity contribution >= 4 is 39.7 Å². The maximum atomic E-state index is 12.0. The van der Waals surface area contributed by atoms with Crippen LogP contribution in [-0.4, -0.2) is 30.3 Å². The SMILES string of the molecule is CCN1C(=O)CCN(/C=N\N)c2cc(Br)cnc21. The van der Waals surface area contributed by atoms with E-state index in [2.05, 4.69) is 26.0 Å². The van der Waals surface area contributed by atoms with Crippen LogP contribution >= 0.6 is 15.9 Å². The molecule has 0 aliphatic carbocycles. The van der Waals surface area contributed by atoms with Crippen molar-refractivity contribution in [2.24, 2.45) is 10.9 Å². The predicted octanol–water partition coefficient (Wildman–Crippen LogP) is 1.31. The first-order valence-electron chi connectivity index (χ1n) is 5.63. The van der Waals surface area contributed by atoms with E-state index in [1.165, 1.54) is 6.34 Å². The Morgan fingerprint density at radius 1 is 1.67 bits per heavy atom. The zero-order valence-corrected chi connectivity index (χ0v) is 11.6. The Labute approximate surface area is 114 Å². The second kappa shape index (κ2) is 5.34. The summed E-state index contributed by atoms with van der Waals surface area (Å²) in [4.78, 5) is 19.8. The fourth-order valence-corrected chi connectivity index (χ4v) is 2.28. The van der Waals surface area contributed by atoms with Gasteiger partial charge in [-0.1, -0.05) is 0 Å². The van der Waals surface area contributed by atoms with Gasteiger partial charge in [0, 0.05) is 30.2 Å². The van der Waals surface area contributed by atoms with Gasteiger partial charge >= 0.3 is 0 Å². The van der Waals surface area contributed by atoms with Crippen molar-refractivity contribution in [1.82, 2.24) is 4.98 Å². The van der Waals surface area contributed by atoms with Crippen molar-refractivity contribution in [2.75, 3.05) is 22.9 Å². The topological polar surface area (TPSA) is 74.8 Å². The number of halogens is 1. The number of nitrogens with two attached hydrogens (primary N) is 1. The van der Waals surface area contributed by atoms with Crippen LogP contribution in [0.2, 0.25) is 0 Å². The lowest BCUT2D eigenvalue weighted by molar-refractivity contribution is -0.118. The average Bonchev–Trinajstić information content (AvgIpc) is 2.48. The minimum Gasteiger partial charge on any atom is -0.327 e. The fraction of sp³-hybridized carbons (Fsp3) is 0.364. The molecule has 96 valence electrons. The first kappa shape index (κ1) is 12.8. The standard InChI is InChI=1S/C11H14BrN5O/c1-2-17-10(18)3-4-16(7-15-13)9-5-8(12)6-14-11(9)17/h5-7H,2-4,13H2,1H3/b15-7-. The number of anilines is 2. The molecule has 18 heavy (non-hydrogen) atoms. The number of hydrazone groups is 1. The highest BCUT2D eigenvalue weighted by molar-refractivity contribution is 9.10. The number of rotatable bonds is 2. The van der Waals surface area contributed by atoms with Gasteiger partial charge in [0.1, 0.15) is 6.34 Å². The van der Waals surface area contributed by atoms with Gasteiger partial charge in [-0.2, -0.15) is 5.10 Å². The van der Waals surface area contributed by atoms with Gasteiger partial charge < -0.3 is 10.7 Å². The summed E-state index contributed by atoms with van der Waals surface area (Å²) in [6.07, 6.45) is 3.60. The third-order valence-electron chi connectivity index (χ3n) is 2.77. The lowest BCUT2D eigenvalue weighted by Crippen LogP contribution is -2.30. The minimum absolute atomic E-state index is 0.0569. The molecule has 1 aromatic rings. The van der Waals surface area contributed by atoms with E-state index >= 15 is 0 Å². The first-order chi connectivity index (χ1) is 8.67. The van der Waals surface area contributed by atoms with Crippen LogP contribution in [0.25, 0.3) is 0 Å². The molecule has 0 saturated heterocycles. The maximum absolute atomic E-state index is 12.0. The van der Waals surface area contributed by atoms with Crippen LogP contribution < -0.4 is 15.6 Å². The summed E-state index contributed by atoms with van der Waals surface area (Å²) in [6, 6.07) is 1.91. The van der Waals surface area contributed by atoms with E-state index in [-0.39, 0.29) is 5.91 Å². The van der Waals surface area contributed by atoms with E-state index in [0.717, 1.165) is 10.2 Å². The molecular weight excluding hydrogens is 298 g/mol. The highest BCUT2D eigenvalue weighted by atomic mass is 79.9. The maximum Gasteiger partial charge on any atom is 0.229 e. The summed E-state index contributed by atoms with van der Waals surface area (Å²) < 4.78 is 0.849. The van der Waals surface area contributed by atoms with Gasteiger partial charge in [-0.3, -0.25) is 9.69 Å². The normalized spacial score (nSPS) is 16.0. The quantitative estimate of drug-likeness (QED) is 0.387. The van der Waals surface area contributed by atoms with Gasteiger partial charge in [0.25, 0.3) is 0 Å². The highest BCUT2D eigenvalue weighted by Crippen LogP contribution is 2.32. The van der Waals surface area contributed by atoms with Crippen LogP contribution in [0, 0.1) is 0 Å². The number of hydrogen-bond acceptors (Lipinski definition) is 4. The molecule has 1 amide bonds. The van der Waals surface area contributed by atoms with Crippen LogP contribution in [-0.2, 0) is 4.79 Å². The van der Waals surface area contributed by atoms with Crippen molar-refractivity contribution in [3.05, 3.63) is 16.7 Å². The molecule has 1 aliphatic rings. The number of aromatic nitrogens is 1. The number of carbonyl (C=O) groups excluding carboxylic acids is 1. The summed E-state index contributed by atoms with van der Waals surface area (Å²) in [6.45, 7) is 3.06. The molecule has 2 N–H and O–H groups in total. The van der Waals surface area contributed by atoms with E-state index in [0.29, 0.717) is 25.3 Å². The fourth-order valence-electron chi connectivity index (χ4n) is 1.96. The summed E-state index contributed by atoms with van der Waals surface area (Å²) in [7, 11) is 0.